The van der Waals surface area contributed by atoms with Crippen LogP contribution in [0.25, 0.3) is 21.9 Å². The number of nitrogens with one attached hydrogen (secondary N) is 1. The van der Waals surface area contributed by atoms with Crippen LogP contribution in [0.3, 0.4) is 0 Å². The van der Waals surface area contributed by atoms with E-state index in [-0.39, 0.29) is 17.1 Å². The third-order valence-corrected chi connectivity index (χ3v) is 3.96. The van der Waals surface area contributed by atoms with E-state index in [1.54, 1.807) is 12.1 Å². The summed E-state index contributed by atoms with van der Waals surface area (Å²) in [7, 11) is -7.33. The van der Waals surface area contributed by atoms with E-state index in [1.807, 2.05) is 36.4 Å². The van der Waals surface area contributed by atoms with Crippen LogP contribution < -0.4 is 22.3 Å². The zero-order valence-electron chi connectivity index (χ0n) is 19.0. The molecule has 0 atom stereocenters. The number of fused-ring (bicyclic) bond motifs is 1. The van der Waals surface area contributed by atoms with Gasteiger partial charge in [0.05, 0.1) is 24.2 Å². The third kappa shape index (κ3) is 10.5. The number of nitrogens with two attached hydrogens (primary N) is 3. The second-order valence-corrected chi connectivity index (χ2v) is 10.1. The van der Waals surface area contributed by atoms with E-state index >= 15 is 0 Å². The number of aromatic carboxylic acids is 1. The van der Waals surface area contributed by atoms with Crippen molar-refractivity contribution in [2.75, 3.05) is 12.5 Å². The van der Waals surface area contributed by atoms with Crippen molar-refractivity contribution in [3.63, 3.8) is 0 Å². The lowest BCUT2D eigenvalue weighted by molar-refractivity contribution is -0.254. The molecule has 0 unspecified atom stereocenters. The van der Waals surface area contributed by atoms with Gasteiger partial charge >= 0.3 is 0 Å². The molecule has 0 bridgehead atoms. The smallest absolute Gasteiger partial charge is 0.261 e. The molecule has 0 aromatic heterocycles. The summed E-state index contributed by atoms with van der Waals surface area (Å²) < 4.78 is 51.7. The van der Waals surface area contributed by atoms with E-state index in [1.165, 1.54) is 6.07 Å². The minimum absolute atomic E-state index is 0.00423. The fourth-order valence-electron chi connectivity index (χ4n) is 2.95. The van der Waals surface area contributed by atoms with E-state index in [2.05, 4.69) is 4.99 Å². The van der Waals surface area contributed by atoms with Crippen LogP contribution in [0, 0.1) is 5.41 Å². The second kappa shape index (κ2) is 12.1. The maximum absolute atomic E-state index is 11.8. The Hall–Kier alpha value is -4.05. The molecule has 3 rings (SSSR count). The number of hydrogen-bond acceptors (Lipinski definition) is 8. The van der Waals surface area contributed by atoms with Crippen LogP contribution >= 0.6 is 0 Å². The van der Waals surface area contributed by atoms with Crippen LogP contribution in [0.5, 0.6) is 0 Å². The predicted molar refractivity (Wildman–Crippen MR) is 135 cm³/mol. The highest BCUT2D eigenvalue weighted by Gasteiger charge is 2.17. The molecule has 0 amide bonds. The van der Waals surface area contributed by atoms with Gasteiger partial charge in [0.1, 0.15) is 5.84 Å². The van der Waals surface area contributed by atoms with Gasteiger partial charge in [0, 0.05) is 11.1 Å². The minimum atomic E-state index is -3.67. The SMILES string of the molecule is CS(=O)(=O)O.CS(=O)(=O)O.N=C(N)c1cc(N=C(N)N)cc(-c2cccc3ccccc23)c1C(=O)[O-]. The van der Waals surface area contributed by atoms with Crippen molar-refractivity contribution in [3.8, 4) is 11.1 Å². The number of rotatable bonds is 4. The fourth-order valence-corrected chi connectivity index (χ4v) is 2.95. The molecule has 0 aliphatic carbocycles. The van der Waals surface area contributed by atoms with Gasteiger partial charge in [-0.25, -0.2) is 4.99 Å². The van der Waals surface area contributed by atoms with Crippen LogP contribution in [0.4, 0.5) is 5.69 Å². The molecule has 0 saturated carbocycles. The standard InChI is InChI=1S/C19H17N5O2.2CH4O3S/c20-17(21)15-9-11(24-19(22)23)8-14(16(15)18(25)26)13-7-3-5-10-4-1-2-6-12(10)13;2*1-5(2,3)4/h1-9H,(H3,20,21)(H,25,26)(H4,22,23,24);2*1H3,(H,2,3,4)/p-1. The Bertz CT molecular complexity index is 1480. The molecule has 9 N–H and O–H groups in total. The highest BCUT2D eigenvalue weighted by Crippen LogP contribution is 2.35. The van der Waals surface area contributed by atoms with Crippen molar-refractivity contribution in [2.24, 2.45) is 22.2 Å². The molecular weight excluding hydrogens is 514 g/mol. The van der Waals surface area contributed by atoms with Crippen molar-refractivity contribution in [1.29, 1.82) is 5.41 Å². The van der Waals surface area contributed by atoms with Crippen LogP contribution in [0.2, 0.25) is 0 Å². The topological polar surface area (TPSA) is 263 Å². The first-order valence-electron chi connectivity index (χ1n) is 9.55. The summed E-state index contributed by atoms with van der Waals surface area (Å²) in [6.07, 6.45) is 1.43. The number of carbonyl (C=O) groups excluding carboxylic acids is 1. The lowest BCUT2D eigenvalue weighted by Crippen LogP contribution is -2.28. The van der Waals surface area contributed by atoms with E-state index in [0.29, 0.717) is 29.3 Å². The number of amidine groups is 1. The zero-order chi connectivity index (χ0) is 27.8. The average molecular weight is 539 g/mol. The molecule has 3 aromatic carbocycles. The van der Waals surface area contributed by atoms with Crippen LogP contribution in [-0.4, -0.2) is 56.2 Å². The molecule has 13 nitrogen and oxygen atoms in total. The van der Waals surface area contributed by atoms with Crippen LogP contribution in [0.1, 0.15) is 15.9 Å². The number of hydrogen-bond donors (Lipinski definition) is 6. The molecule has 0 fully saturated rings. The summed E-state index contributed by atoms with van der Waals surface area (Å²) in [4.78, 5) is 15.8. The Labute approximate surface area is 207 Å². The largest absolute Gasteiger partial charge is 0.545 e. The molecule has 15 heteroatoms. The van der Waals surface area contributed by atoms with Gasteiger partial charge in [-0.05, 0) is 34.0 Å². The average Bonchev–Trinajstić information content (AvgIpc) is 2.69. The van der Waals surface area contributed by atoms with Crippen molar-refractivity contribution < 1.29 is 35.8 Å². The van der Waals surface area contributed by atoms with Gasteiger partial charge in [0.2, 0.25) is 0 Å². The van der Waals surface area contributed by atoms with E-state index < -0.39 is 32.0 Å². The molecule has 0 spiro atoms. The Morgan fingerprint density at radius 1 is 0.889 bits per heavy atom. The molecule has 0 aliphatic heterocycles. The van der Waals surface area contributed by atoms with Gasteiger partial charge in [-0.1, -0.05) is 42.5 Å². The van der Waals surface area contributed by atoms with Gasteiger partial charge in [0.25, 0.3) is 20.2 Å². The maximum atomic E-state index is 11.8. The summed E-state index contributed by atoms with van der Waals surface area (Å²) in [6, 6.07) is 16.0. The third-order valence-electron chi connectivity index (χ3n) is 3.96. The summed E-state index contributed by atoms with van der Waals surface area (Å²) in [5, 5.41) is 21.4. The predicted octanol–water partition coefficient (Wildman–Crippen LogP) is 0.0673. The highest BCUT2D eigenvalue weighted by molar-refractivity contribution is 7.85. The van der Waals surface area contributed by atoms with Crippen molar-refractivity contribution in [1.82, 2.24) is 0 Å². The maximum Gasteiger partial charge on any atom is 0.261 e. The van der Waals surface area contributed by atoms with Crippen molar-refractivity contribution in [2.45, 2.75) is 0 Å². The molecule has 0 saturated heterocycles. The minimum Gasteiger partial charge on any atom is -0.545 e. The first-order valence-corrected chi connectivity index (χ1v) is 13.2. The van der Waals surface area contributed by atoms with Crippen molar-refractivity contribution in [3.05, 3.63) is 65.7 Å². The highest BCUT2D eigenvalue weighted by atomic mass is 32.2. The molecule has 0 aliphatic rings. The summed E-state index contributed by atoms with van der Waals surface area (Å²) in [5.74, 6) is -2.04. The Kier molecular flexibility index (Phi) is 10.1. The van der Waals surface area contributed by atoms with Crippen LogP contribution in [0.15, 0.2) is 59.6 Å². The zero-order valence-corrected chi connectivity index (χ0v) is 20.7. The first kappa shape index (κ1) is 30.0. The number of carbonyl (C=O) groups is 1. The number of nitrogens with zero attached hydrogens (tertiary/aromatic N) is 1. The molecule has 194 valence electrons. The number of carboxylic acids is 1. The monoisotopic (exact) mass is 538 g/mol. The van der Waals surface area contributed by atoms with Gasteiger partial charge in [-0.2, -0.15) is 16.8 Å². The summed E-state index contributed by atoms with van der Waals surface area (Å²) in [5.41, 5.74) is 17.6. The van der Waals surface area contributed by atoms with Crippen LogP contribution in [-0.2, 0) is 20.2 Å². The molecule has 0 radical (unpaired) electrons. The van der Waals surface area contributed by atoms with Crippen molar-refractivity contribution >= 4 is 54.5 Å². The first-order chi connectivity index (χ1) is 16.4. The normalized spacial score (nSPS) is 10.8. The quantitative estimate of drug-likeness (QED) is 0.147. The molecule has 0 heterocycles. The van der Waals surface area contributed by atoms with E-state index in [9.17, 15) is 26.7 Å². The molecular formula is C21H24N5O8S2-. The Morgan fingerprint density at radius 2 is 1.39 bits per heavy atom. The van der Waals surface area contributed by atoms with Gasteiger partial charge in [-0.3, -0.25) is 14.5 Å². The summed E-state index contributed by atoms with van der Waals surface area (Å²) in [6.45, 7) is 0. The fraction of sp³-hybridized carbons (Fsp3) is 0.0952. The Morgan fingerprint density at radius 3 is 1.86 bits per heavy atom. The Balaban J connectivity index is 0.000000550. The van der Waals surface area contributed by atoms with Gasteiger partial charge < -0.3 is 27.1 Å². The summed E-state index contributed by atoms with van der Waals surface area (Å²) >= 11 is 0. The second-order valence-electron chi connectivity index (χ2n) is 7.15. The van der Waals surface area contributed by atoms with Gasteiger partial charge in [-0.15, -0.1) is 0 Å². The number of aliphatic imine (C=N–C) groups is 1. The van der Waals surface area contributed by atoms with E-state index in [4.69, 9.17) is 31.7 Å². The van der Waals surface area contributed by atoms with Gasteiger partial charge in [0.15, 0.2) is 5.96 Å². The van der Waals surface area contributed by atoms with E-state index in [0.717, 1.165) is 10.8 Å². The number of nitrogen functional groups attached to an aromatic ring is 1. The number of carboxylic acid groups (broad SMARTS) is 1. The number of guanidine groups is 1. The number of benzene rings is 3. The lowest BCUT2D eigenvalue weighted by atomic mass is 9.91. The lowest BCUT2D eigenvalue weighted by Gasteiger charge is -2.18. The molecule has 36 heavy (non-hydrogen) atoms. The molecule has 3 aromatic rings.